The van der Waals surface area contributed by atoms with Crippen LogP contribution >= 0.6 is 0 Å². The molecule has 0 saturated carbocycles. The summed E-state index contributed by atoms with van der Waals surface area (Å²) in [5.41, 5.74) is 1.28. The standard InChI is InChI=1S/C15H16N2O5/c1-10-13(14(20)16-7-8-21-9-12(18)19)22-15(17-10)11-5-3-2-4-6-11/h2-6H,7-9H2,1H3,(H,16,20)(H,18,19). The molecule has 22 heavy (non-hydrogen) atoms. The molecule has 0 aliphatic rings. The molecular weight excluding hydrogens is 288 g/mol. The summed E-state index contributed by atoms with van der Waals surface area (Å²) in [6.45, 7) is 1.59. The Morgan fingerprint density at radius 2 is 2.05 bits per heavy atom. The van der Waals surface area contributed by atoms with Crippen molar-refractivity contribution >= 4 is 11.9 Å². The first-order valence-corrected chi connectivity index (χ1v) is 6.68. The molecule has 1 amide bonds. The van der Waals surface area contributed by atoms with Crippen LogP contribution < -0.4 is 5.32 Å². The summed E-state index contributed by atoms with van der Waals surface area (Å²) in [7, 11) is 0. The van der Waals surface area contributed by atoms with Crippen molar-refractivity contribution in [3.63, 3.8) is 0 Å². The van der Waals surface area contributed by atoms with Gasteiger partial charge in [0, 0.05) is 12.1 Å². The quantitative estimate of drug-likeness (QED) is 0.751. The van der Waals surface area contributed by atoms with Crippen molar-refractivity contribution in [1.29, 1.82) is 0 Å². The van der Waals surface area contributed by atoms with Gasteiger partial charge in [-0.3, -0.25) is 4.79 Å². The van der Waals surface area contributed by atoms with Gasteiger partial charge < -0.3 is 19.6 Å². The summed E-state index contributed by atoms with van der Waals surface area (Å²) in [6.07, 6.45) is 0. The number of carbonyl (C=O) groups excluding carboxylic acids is 1. The predicted molar refractivity (Wildman–Crippen MR) is 77.5 cm³/mol. The number of ether oxygens (including phenoxy) is 1. The Labute approximate surface area is 126 Å². The van der Waals surface area contributed by atoms with Crippen molar-refractivity contribution < 1.29 is 23.8 Å². The van der Waals surface area contributed by atoms with E-state index in [2.05, 4.69) is 10.3 Å². The van der Waals surface area contributed by atoms with Crippen LogP contribution in [-0.4, -0.2) is 41.7 Å². The first kappa shape index (κ1) is 15.7. The number of carbonyl (C=O) groups is 2. The van der Waals surface area contributed by atoms with E-state index in [9.17, 15) is 9.59 Å². The molecule has 2 N–H and O–H groups in total. The molecule has 0 unspecified atom stereocenters. The largest absolute Gasteiger partial charge is 0.480 e. The highest BCUT2D eigenvalue weighted by atomic mass is 16.5. The van der Waals surface area contributed by atoms with E-state index < -0.39 is 18.5 Å². The highest BCUT2D eigenvalue weighted by Crippen LogP contribution is 2.21. The maximum atomic E-state index is 12.0. The van der Waals surface area contributed by atoms with Gasteiger partial charge in [-0.05, 0) is 19.1 Å². The molecule has 2 aromatic rings. The number of carboxylic acid groups (broad SMARTS) is 1. The topological polar surface area (TPSA) is 102 Å². The van der Waals surface area contributed by atoms with Crippen LogP contribution in [0, 0.1) is 6.92 Å². The third-order valence-corrected chi connectivity index (χ3v) is 2.78. The van der Waals surface area contributed by atoms with Crippen LogP contribution in [0.15, 0.2) is 34.7 Å². The molecule has 1 aromatic heterocycles. The zero-order chi connectivity index (χ0) is 15.9. The SMILES string of the molecule is Cc1nc(-c2ccccc2)oc1C(=O)NCCOCC(=O)O. The number of carboxylic acids is 1. The zero-order valence-electron chi connectivity index (χ0n) is 12.0. The minimum absolute atomic E-state index is 0.108. The van der Waals surface area contributed by atoms with Crippen molar-refractivity contribution in [3.05, 3.63) is 41.8 Å². The van der Waals surface area contributed by atoms with Gasteiger partial charge in [-0.25, -0.2) is 9.78 Å². The number of benzene rings is 1. The van der Waals surface area contributed by atoms with E-state index in [-0.39, 0.29) is 18.9 Å². The number of nitrogens with one attached hydrogen (secondary N) is 1. The highest BCUT2D eigenvalue weighted by Gasteiger charge is 2.17. The van der Waals surface area contributed by atoms with Gasteiger partial charge in [-0.15, -0.1) is 0 Å². The number of oxazole rings is 1. The second kappa shape index (κ2) is 7.37. The number of amides is 1. The van der Waals surface area contributed by atoms with Gasteiger partial charge in [0.05, 0.1) is 12.3 Å². The number of hydrogen-bond acceptors (Lipinski definition) is 5. The van der Waals surface area contributed by atoms with Crippen molar-refractivity contribution in [1.82, 2.24) is 10.3 Å². The third kappa shape index (κ3) is 4.16. The van der Waals surface area contributed by atoms with E-state index in [0.29, 0.717) is 11.6 Å². The van der Waals surface area contributed by atoms with Crippen molar-refractivity contribution in [3.8, 4) is 11.5 Å². The predicted octanol–water partition coefficient (Wildman–Crippen LogP) is 1.48. The molecule has 0 spiro atoms. The van der Waals surface area contributed by atoms with Crippen LogP contribution in [0.3, 0.4) is 0 Å². The van der Waals surface area contributed by atoms with Gasteiger partial charge >= 0.3 is 5.97 Å². The van der Waals surface area contributed by atoms with Crippen LogP contribution in [0.5, 0.6) is 0 Å². The third-order valence-electron chi connectivity index (χ3n) is 2.78. The van der Waals surface area contributed by atoms with E-state index >= 15 is 0 Å². The number of aryl methyl sites for hydroxylation is 1. The van der Waals surface area contributed by atoms with E-state index in [1.807, 2.05) is 30.3 Å². The summed E-state index contributed by atoms with van der Waals surface area (Å²) in [4.78, 5) is 26.5. The molecule has 0 fully saturated rings. The Hall–Kier alpha value is -2.67. The highest BCUT2D eigenvalue weighted by molar-refractivity contribution is 5.92. The minimum Gasteiger partial charge on any atom is -0.480 e. The number of hydrogen-bond donors (Lipinski definition) is 2. The van der Waals surface area contributed by atoms with E-state index in [4.69, 9.17) is 14.3 Å². The number of aromatic nitrogens is 1. The van der Waals surface area contributed by atoms with Crippen LogP contribution in [0.2, 0.25) is 0 Å². The number of aliphatic carboxylic acids is 1. The molecule has 1 heterocycles. The lowest BCUT2D eigenvalue weighted by molar-refractivity contribution is -0.142. The minimum atomic E-state index is -1.05. The lowest BCUT2D eigenvalue weighted by atomic mass is 10.2. The molecule has 0 aliphatic heterocycles. The fourth-order valence-corrected chi connectivity index (χ4v) is 1.79. The van der Waals surface area contributed by atoms with E-state index in [1.165, 1.54) is 0 Å². The second-order valence-corrected chi connectivity index (χ2v) is 4.50. The lowest BCUT2D eigenvalue weighted by Gasteiger charge is -2.03. The van der Waals surface area contributed by atoms with Crippen LogP contribution in [0.1, 0.15) is 16.2 Å². The summed E-state index contributed by atoms with van der Waals surface area (Å²) in [6, 6.07) is 9.27. The summed E-state index contributed by atoms with van der Waals surface area (Å²) < 4.78 is 10.3. The Balaban J connectivity index is 1.93. The van der Waals surface area contributed by atoms with Gasteiger partial charge in [0.1, 0.15) is 6.61 Å². The molecule has 7 nitrogen and oxygen atoms in total. The van der Waals surface area contributed by atoms with E-state index in [1.54, 1.807) is 6.92 Å². The molecule has 1 aromatic carbocycles. The molecule has 2 rings (SSSR count). The molecule has 0 atom stereocenters. The van der Waals surface area contributed by atoms with Gasteiger partial charge in [0.2, 0.25) is 11.7 Å². The number of nitrogens with zero attached hydrogens (tertiary/aromatic N) is 1. The maximum Gasteiger partial charge on any atom is 0.329 e. The molecule has 0 radical (unpaired) electrons. The van der Waals surface area contributed by atoms with Crippen molar-refractivity contribution in [2.45, 2.75) is 6.92 Å². The van der Waals surface area contributed by atoms with Crippen LogP contribution in [0.25, 0.3) is 11.5 Å². The number of rotatable bonds is 7. The van der Waals surface area contributed by atoms with E-state index in [0.717, 1.165) is 5.56 Å². The molecule has 116 valence electrons. The zero-order valence-corrected chi connectivity index (χ0v) is 12.0. The second-order valence-electron chi connectivity index (χ2n) is 4.50. The summed E-state index contributed by atoms with van der Waals surface area (Å²) >= 11 is 0. The Morgan fingerprint density at radius 1 is 1.32 bits per heavy atom. The van der Waals surface area contributed by atoms with Gasteiger partial charge in [0.25, 0.3) is 5.91 Å². The lowest BCUT2D eigenvalue weighted by Crippen LogP contribution is -2.28. The molecule has 0 saturated heterocycles. The normalized spacial score (nSPS) is 10.4. The van der Waals surface area contributed by atoms with Gasteiger partial charge in [-0.1, -0.05) is 18.2 Å². The summed E-state index contributed by atoms with van der Waals surface area (Å²) in [5.74, 6) is -0.946. The maximum absolute atomic E-state index is 12.0. The average molecular weight is 304 g/mol. The molecule has 7 heteroatoms. The van der Waals surface area contributed by atoms with Gasteiger partial charge in [0.15, 0.2) is 0 Å². The smallest absolute Gasteiger partial charge is 0.329 e. The fraction of sp³-hybridized carbons (Fsp3) is 0.267. The first-order chi connectivity index (χ1) is 10.6. The van der Waals surface area contributed by atoms with Crippen molar-refractivity contribution in [2.24, 2.45) is 0 Å². The van der Waals surface area contributed by atoms with Gasteiger partial charge in [-0.2, -0.15) is 0 Å². The average Bonchev–Trinajstić information content (AvgIpc) is 2.89. The Bertz CT molecular complexity index is 651. The van der Waals surface area contributed by atoms with Crippen molar-refractivity contribution in [2.75, 3.05) is 19.8 Å². The molecular formula is C15H16N2O5. The first-order valence-electron chi connectivity index (χ1n) is 6.68. The fourth-order valence-electron chi connectivity index (χ4n) is 1.79. The molecule has 0 aliphatic carbocycles. The van der Waals surface area contributed by atoms with Crippen LogP contribution in [-0.2, 0) is 9.53 Å². The van der Waals surface area contributed by atoms with Crippen LogP contribution in [0.4, 0.5) is 0 Å². The summed E-state index contributed by atoms with van der Waals surface area (Å²) in [5, 5.41) is 11.0. The Kier molecular flexibility index (Phi) is 5.26. The Morgan fingerprint density at radius 3 is 2.73 bits per heavy atom. The molecule has 0 bridgehead atoms. The monoisotopic (exact) mass is 304 g/mol.